The summed E-state index contributed by atoms with van der Waals surface area (Å²) in [7, 11) is 0. The molecule has 1 amide bonds. The lowest BCUT2D eigenvalue weighted by atomic mass is 10.2. The molecule has 1 saturated heterocycles. The number of aliphatic carboxylic acids is 1. The van der Waals surface area contributed by atoms with Crippen molar-refractivity contribution in [1.29, 1.82) is 0 Å². The Bertz CT molecular complexity index is 1400. The van der Waals surface area contributed by atoms with Gasteiger partial charge in [-0.05, 0) is 50.1 Å². The average molecular weight is 495 g/mol. The van der Waals surface area contributed by atoms with Gasteiger partial charge in [0, 0.05) is 24.8 Å². The summed E-state index contributed by atoms with van der Waals surface area (Å²) in [6.45, 7) is 4.07. The largest absolute Gasteiger partial charge is 0.481 e. The van der Waals surface area contributed by atoms with Crippen molar-refractivity contribution in [2.75, 3.05) is 11.9 Å². The summed E-state index contributed by atoms with van der Waals surface area (Å²) in [5.41, 5.74) is 3.13. The molecule has 8 nitrogen and oxygen atoms in total. The number of anilines is 2. The van der Waals surface area contributed by atoms with Gasteiger partial charge in [0.05, 0.1) is 10.5 Å². The van der Waals surface area contributed by atoms with Crippen LogP contribution in [0.1, 0.15) is 29.5 Å². The molecule has 1 aromatic carbocycles. The Kier molecular flexibility index (Phi) is 6.80. The maximum Gasteiger partial charge on any atom is 0.303 e. The van der Waals surface area contributed by atoms with Crippen LogP contribution in [0.2, 0.25) is 0 Å². The summed E-state index contributed by atoms with van der Waals surface area (Å²) in [4.78, 5) is 43.6. The number of nitrogens with one attached hydrogen (secondary N) is 1. The quantitative estimate of drug-likeness (QED) is 0.373. The number of pyridine rings is 1. The second-order valence-electron chi connectivity index (χ2n) is 7.94. The molecule has 0 radical (unpaired) electrons. The van der Waals surface area contributed by atoms with Gasteiger partial charge in [-0.3, -0.25) is 23.7 Å². The van der Waals surface area contributed by atoms with Crippen molar-refractivity contribution in [3.05, 3.63) is 74.5 Å². The minimum Gasteiger partial charge on any atom is -0.481 e. The summed E-state index contributed by atoms with van der Waals surface area (Å²) in [5, 5.41) is 12.1. The fraction of sp³-hybridized carbons (Fsp3) is 0.208. The van der Waals surface area contributed by atoms with E-state index in [2.05, 4.69) is 10.3 Å². The fourth-order valence-electron chi connectivity index (χ4n) is 3.47. The number of carboxylic acids is 1. The van der Waals surface area contributed by atoms with E-state index in [4.69, 9.17) is 17.3 Å². The van der Waals surface area contributed by atoms with Crippen molar-refractivity contribution in [2.24, 2.45) is 0 Å². The van der Waals surface area contributed by atoms with E-state index in [-0.39, 0.29) is 36.4 Å². The van der Waals surface area contributed by atoms with Crippen molar-refractivity contribution < 1.29 is 14.7 Å². The molecule has 3 aromatic rings. The summed E-state index contributed by atoms with van der Waals surface area (Å²) in [6, 6.07) is 11.3. The number of hydrogen-bond acceptors (Lipinski definition) is 7. The highest BCUT2D eigenvalue weighted by molar-refractivity contribution is 8.26. The van der Waals surface area contributed by atoms with Crippen LogP contribution in [0.15, 0.2) is 52.3 Å². The number of nitrogens with zero attached hydrogens (tertiary/aromatic N) is 3. The van der Waals surface area contributed by atoms with Gasteiger partial charge in [-0.1, -0.05) is 47.7 Å². The molecular formula is C24H22N4O4S2. The normalized spacial score (nSPS) is 14.9. The number of hydrogen-bond donors (Lipinski definition) is 2. The molecule has 4 rings (SSSR count). The molecule has 3 heterocycles. The van der Waals surface area contributed by atoms with Gasteiger partial charge in [0.2, 0.25) is 0 Å². The fourth-order valence-corrected chi connectivity index (χ4v) is 4.76. The SMILES string of the molecule is Cc1ccc(Nc2nc3ccc(C)cn3c(=O)c2C=C2SC(=S)N(CCCC(=O)O)C2=O)cc1. The molecule has 2 aromatic heterocycles. The van der Waals surface area contributed by atoms with Crippen molar-refractivity contribution in [3.8, 4) is 0 Å². The van der Waals surface area contributed by atoms with Gasteiger partial charge in [0.1, 0.15) is 15.8 Å². The monoisotopic (exact) mass is 494 g/mol. The molecule has 1 aliphatic heterocycles. The number of thioether (sulfide) groups is 1. The lowest BCUT2D eigenvalue weighted by Gasteiger charge is -2.13. The van der Waals surface area contributed by atoms with Gasteiger partial charge in [0.15, 0.2) is 0 Å². The maximum absolute atomic E-state index is 13.5. The second-order valence-corrected chi connectivity index (χ2v) is 9.61. The van der Waals surface area contributed by atoms with E-state index in [9.17, 15) is 14.4 Å². The molecule has 0 aliphatic carbocycles. The standard InChI is InChI=1S/C24H22N4O4S2/c1-14-5-8-16(9-6-14)25-21-17(22(31)28-13-15(2)7-10-19(28)26-21)12-18-23(32)27(24(33)34-18)11-3-4-20(29)30/h5-10,12-13,25H,3-4,11H2,1-2H3,(H,29,30). The highest BCUT2D eigenvalue weighted by Crippen LogP contribution is 2.33. The summed E-state index contributed by atoms with van der Waals surface area (Å²) in [5.74, 6) is -0.956. The molecule has 1 aliphatic rings. The molecule has 0 unspecified atom stereocenters. The highest BCUT2D eigenvalue weighted by atomic mass is 32.2. The van der Waals surface area contributed by atoms with Crippen molar-refractivity contribution >= 4 is 63.4 Å². The lowest BCUT2D eigenvalue weighted by molar-refractivity contribution is -0.137. The number of aryl methyl sites for hydroxylation is 2. The molecular weight excluding hydrogens is 472 g/mol. The Morgan fingerprint density at radius 1 is 1.15 bits per heavy atom. The van der Waals surface area contributed by atoms with Crippen molar-refractivity contribution in [2.45, 2.75) is 26.7 Å². The van der Waals surface area contributed by atoms with Gasteiger partial charge >= 0.3 is 5.97 Å². The van der Waals surface area contributed by atoms with E-state index in [1.165, 1.54) is 15.4 Å². The predicted octanol–water partition coefficient (Wildman–Crippen LogP) is 4.12. The minimum absolute atomic E-state index is 0.0595. The van der Waals surface area contributed by atoms with Crippen LogP contribution in [0, 0.1) is 13.8 Å². The highest BCUT2D eigenvalue weighted by Gasteiger charge is 2.32. The first-order valence-corrected chi connectivity index (χ1v) is 11.8. The van der Waals surface area contributed by atoms with E-state index in [0.29, 0.717) is 20.7 Å². The zero-order chi connectivity index (χ0) is 24.4. The first kappa shape index (κ1) is 23.7. The number of aromatic nitrogens is 2. The van der Waals surface area contributed by atoms with Crippen LogP contribution in [-0.2, 0) is 9.59 Å². The lowest BCUT2D eigenvalue weighted by Crippen LogP contribution is -2.29. The van der Waals surface area contributed by atoms with E-state index in [1.807, 2.05) is 44.2 Å². The third kappa shape index (κ3) is 5.02. The van der Waals surface area contributed by atoms with E-state index >= 15 is 0 Å². The number of carbonyl (C=O) groups excluding carboxylic acids is 1. The van der Waals surface area contributed by atoms with Crippen LogP contribution in [0.4, 0.5) is 11.5 Å². The molecule has 0 spiro atoms. The average Bonchev–Trinajstić information content (AvgIpc) is 3.05. The Morgan fingerprint density at radius 3 is 2.56 bits per heavy atom. The van der Waals surface area contributed by atoms with E-state index in [0.717, 1.165) is 28.6 Å². The Hall–Kier alpha value is -3.50. The molecule has 0 saturated carbocycles. The molecule has 174 valence electrons. The topological polar surface area (TPSA) is 104 Å². The summed E-state index contributed by atoms with van der Waals surface area (Å²) >= 11 is 6.42. The summed E-state index contributed by atoms with van der Waals surface area (Å²) in [6.07, 6.45) is 3.44. The number of carboxylic acid groups (broad SMARTS) is 1. The van der Waals surface area contributed by atoms with Crippen LogP contribution >= 0.6 is 24.0 Å². The minimum atomic E-state index is -0.932. The van der Waals surface area contributed by atoms with Crippen LogP contribution in [0.5, 0.6) is 0 Å². The van der Waals surface area contributed by atoms with Crippen LogP contribution in [-0.4, -0.2) is 42.1 Å². The van der Waals surface area contributed by atoms with E-state index < -0.39 is 5.97 Å². The van der Waals surface area contributed by atoms with Gasteiger partial charge in [0.25, 0.3) is 11.5 Å². The van der Waals surface area contributed by atoms with Gasteiger partial charge in [-0.15, -0.1) is 0 Å². The van der Waals surface area contributed by atoms with Crippen LogP contribution < -0.4 is 10.9 Å². The molecule has 2 N–H and O–H groups in total. The zero-order valence-corrected chi connectivity index (χ0v) is 20.2. The summed E-state index contributed by atoms with van der Waals surface area (Å²) < 4.78 is 1.79. The van der Waals surface area contributed by atoms with E-state index in [1.54, 1.807) is 12.3 Å². The molecule has 1 fully saturated rings. The Balaban J connectivity index is 1.76. The smallest absolute Gasteiger partial charge is 0.303 e. The number of amides is 1. The van der Waals surface area contributed by atoms with Gasteiger partial charge in [-0.2, -0.15) is 0 Å². The third-order valence-corrected chi connectivity index (χ3v) is 6.62. The number of carbonyl (C=O) groups is 2. The maximum atomic E-state index is 13.5. The predicted molar refractivity (Wildman–Crippen MR) is 137 cm³/mol. The Morgan fingerprint density at radius 2 is 1.85 bits per heavy atom. The molecule has 0 bridgehead atoms. The number of thiocarbonyl (C=S) groups is 1. The van der Waals surface area contributed by atoms with Gasteiger partial charge < -0.3 is 10.4 Å². The first-order valence-electron chi connectivity index (χ1n) is 10.6. The number of fused-ring (bicyclic) bond motifs is 1. The van der Waals surface area contributed by atoms with Crippen LogP contribution in [0.25, 0.3) is 11.7 Å². The molecule has 0 atom stereocenters. The van der Waals surface area contributed by atoms with Crippen molar-refractivity contribution in [3.63, 3.8) is 0 Å². The molecule has 10 heteroatoms. The Labute approximate surface area is 205 Å². The first-order chi connectivity index (χ1) is 16.2. The number of benzene rings is 1. The van der Waals surface area contributed by atoms with Crippen molar-refractivity contribution in [1.82, 2.24) is 14.3 Å². The molecule has 34 heavy (non-hydrogen) atoms. The van der Waals surface area contributed by atoms with Gasteiger partial charge in [-0.25, -0.2) is 4.98 Å². The second kappa shape index (κ2) is 9.78. The third-order valence-electron chi connectivity index (χ3n) is 5.24. The number of rotatable bonds is 7. The van der Waals surface area contributed by atoms with Crippen LogP contribution in [0.3, 0.4) is 0 Å². The zero-order valence-electron chi connectivity index (χ0n) is 18.6.